The fourth-order valence-electron chi connectivity index (χ4n) is 1.66. The molecule has 1 aromatic heterocycles. The highest BCUT2D eigenvalue weighted by molar-refractivity contribution is 6.35. The van der Waals surface area contributed by atoms with Gasteiger partial charge in [-0.3, -0.25) is 0 Å². The van der Waals surface area contributed by atoms with Crippen LogP contribution in [0.2, 0.25) is 5.02 Å². The van der Waals surface area contributed by atoms with Gasteiger partial charge >= 0.3 is 0 Å². The number of fused-ring (bicyclic) bond motifs is 1. The molecule has 14 heavy (non-hydrogen) atoms. The van der Waals surface area contributed by atoms with Crippen molar-refractivity contribution in [3.63, 3.8) is 0 Å². The SMILES string of the molecule is Cc1c(CC=O)[nH]c2c(Cl)cccc12. The maximum absolute atomic E-state index is 10.4. The lowest BCUT2D eigenvalue weighted by Crippen LogP contribution is -1.87. The zero-order chi connectivity index (χ0) is 10.1. The van der Waals surface area contributed by atoms with Crippen molar-refractivity contribution in [3.8, 4) is 0 Å². The Labute approximate surface area is 86.9 Å². The number of para-hydroxylation sites is 1. The fourth-order valence-corrected chi connectivity index (χ4v) is 1.88. The smallest absolute Gasteiger partial charge is 0.125 e. The lowest BCUT2D eigenvalue weighted by Gasteiger charge is -1.92. The number of carbonyl (C=O) groups is 1. The molecule has 0 saturated carbocycles. The quantitative estimate of drug-likeness (QED) is 0.755. The standard InChI is InChI=1S/C11H10ClNO/c1-7-8-3-2-4-9(12)11(8)13-10(7)5-6-14/h2-4,6,13H,5H2,1H3. The second-order valence-corrected chi connectivity index (χ2v) is 3.67. The van der Waals surface area contributed by atoms with Crippen LogP contribution >= 0.6 is 11.6 Å². The number of hydrogen-bond donors (Lipinski definition) is 1. The van der Waals surface area contributed by atoms with E-state index in [1.54, 1.807) is 0 Å². The summed E-state index contributed by atoms with van der Waals surface area (Å²) in [7, 11) is 0. The number of aromatic nitrogens is 1. The maximum Gasteiger partial charge on any atom is 0.125 e. The third kappa shape index (κ3) is 1.32. The van der Waals surface area contributed by atoms with Crippen molar-refractivity contribution in [2.45, 2.75) is 13.3 Å². The molecule has 3 heteroatoms. The summed E-state index contributed by atoms with van der Waals surface area (Å²) in [6.07, 6.45) is 1.31. The van der Waals surface area contributed by atoms with Gasteiger partial charge in [0.2, 0.25) is 0 Å². The fraction of sp³-hybridized carbons (Fsp3) is 0.182. The Morgan fingerprint density at radius 1 is 1.50 bits per heavy atom. The van der Waals surface area contributed by atoms with Crippen LogP contribution in [0.5, 0.6) is 0 Å². The average molecular weight is 208 g/mol. The normalized spacial score (nSPS) is 10.7. The Balaban J connectivity index is 2.72. The number of carbonyl (C=O) groups excluding carboxylic acids is 1. The molecule has 1 aromatic carbocycles. The molecular formula is C11H10ClNO. The van der Waals surface area contributed by atoms with Gasteiger partial charge in [-0.25, -0.2) is 0 Å². The number of aryl methyl sites for hydroxylation is 1. The van der Waals surface area contributed by atoms with Crippen molar-refractivity contribution in [1.82, 2.24) is 4.98 Å². The van der Waals surface area contributed by atoms with Crippen molar-refractivity contribution in [1.29, 1.82) is 0 Å². The van der Waals surface area contributed by atoms with Crippen LogP contribution in [-0.4, -0.2) is 11.3 Å². The minimum absolute atomic E-state index is 0.414. The second-order valence-electron chi connectivity index (χ2n) is 3.26. The summed E-state index contributed by atoms with van der Waals surface area (Å²) < 4.78 is 0. The Morgan fingerprint density at radius 3 is 2.93 bits per heavy atom. The van der Waals surface area contributed by atoms with Crippen molar-refractivity contribution in [2.24, 2.45) is 0 Å². The number of halogens is 1. The molecule has 0 spiro atoms. The molecule has 2 rings (SSSR count). The third-order valence-electron chi connectivity index (χ3n) is 2.43. The molecular weight excluding hydrogens is 198 g/mol. The van der Waals surface area contributed by atoms with E-state index >= 15 is 0 Å². The number of H-pyrrole nitrogens is 1. The van der Waals surface area contributed by atoms with Crippen LogP contribution in [0.4, 0.5) is 0 Å². The summed E-state index contributed by atoms with van der Waals surface area (Å²) in [6, 6.07) is 5.75. The van der Waals surface area contributed by atoms with E-state index in [1.807, 2.05) is 25.1 Å². The van der Waals surface area contributed by atoms with Crippen molar-refractivity contribution in [3.05, 3.63) is 34.5 Å². The topological polar surface area (TPSA) is 32.9 Å². The molecule has 0 unspecified atom stereocenters. The first kappa shape index (κ1) is 9.28. The van der Waals surface area contributed by atoms with Crippen molar-refractivity contribution in [2.75, 3.05) is 0 Å². The first-order chi connectivity index (χ1) is 6.74. The predicted molar refractivity (Wildman–Crippen MR) is 57.8 cm³/mol. The minimum atomic E-state index is 0.414. The average Bonchev–Trinajstić information content (AvgIpc) is 2.48. The van der Waals surface area contributed by atoms with Crippen LogP contribution in [-0.2, 0) is 11.2 Å². The number of aromatic amines is 1. The number of nitrogens with one attached hydrogen (secondary N) is 1. The van der Waals surface area contributed by atoms with Crippen LogP contribution in [0.15, 0.2) is 18.2 Å². The lowest BCUT2D eigenvalue weighted by molar-refractivity contribution is -0.107. The molecule has 2 nitrogen and oxygen atoms in total. The van der Waals surface area contributed by atoms with Gasteiger partial charge in [-0.2, -0.15) is 0 Å². The summed E-state index contributed by atoms with van der Waals surface area (Å²) in [5, 5.41) is 1.79. The molecule has 0 aliphatic carbocycles. The van der Waals surface area contributed by atoms with E-state index in [0.717, 1.165) is 28.4 Å². The van der Waals surface area contributed by atoms with E-state index in [-0.39, 0.29) is 0 Å². The van der Waals surface area contributed by atoms with E-state index in [0.29, 0.717) is 11.4 Å². The number of hydrogen-bond acceptors (Lipinski definition) is 1. The molecule has 0 radical (unpaired) electrons. The second kappa shape index (κ2) is 3.46. The van der Waals surface area contributed by atoms with Gasteiger partial charge in [-0.15, -0.1) is 0 Å². The van der Waals surface area contributed by atoms with E-state index in [9.17, 15) is 4.79 Å². The molecule has 0 aliphatic heterocycles. The molecule has 2 aromatic rings. The summed E-state index contributed by atoms with van der Waals surface area (Å²) in [5.74, 6) is 0. The molecule has 1 heterocycles. The van der Waals surface area contributed by atoms with Crippen LogP contribution in [0.1, 0.15) is 11.3 Å². The molecule has 0 fully saturated rings. The molecule has 0 amide bonds. The van der Waals surface area contributed by atoms with Gasteiger partial charge in [0.25, 0.3) is 0 Å². The van der Waals surface area contributed by atoms with Gasteiger partial charge in [-0.1, -0.05) is 23.7 Å². The summed E-state index contributed by atoms with van der Waals surface area (Å²) in [4.78, 5) is 13.6. The maximum atomic E-state index is 10.4. The Morgan fingerprint density at radius 2 is 2.29 bits per heavy atom. The lowest BCUT2D eigenvalue weighted by atomic mass is 10.1. The number of aldehydes is 1. The van der Waals surface area contributed by atoms with Gasteiger partial charge in [0.05, 0.1) is 10.5 Å². The van der Waals surface area contributed by atoms with E-state index in [2.05, 4.69) is 4.98 Å². The highest BCUT2D eigenvalue weighted by Gasteiger charge is 2.08. The van der Waals surface area contributed by atoms with Gasteiger partial charge in [-0.05, 0) is 18.6 Å². The highest BCUT2D eigenvalue weighted by Crippen LogP contribution is 2.27. The van der Waals surface area contributed by atoms with E-state index in [4.69, 9.17) is 11.6 Å². The zero-order valence-electron chi connectivity index (χ0n) is 7.80. The van der Waals surface area contributed by atoms with Gasteiger partial charge in [0.1, 0.15) is 6.29 Å². The molecule has 0 atom stereocenters. The van der Waals surface area contributed by atoms with Gasteiger partial charge in [0.15, 0.2) is 0 Å². The summed E-state index contributed by atoms with van der Waals surface area (Å²) in [5.41, 5.74) is 2.97. The van der Waals surface area contributed by atoms with Crippen LogP contribution < -0.4 is 0 Å². The Bertz CT molecular complexity index is 487. The summed E-state index contributed by atoms with van der Waals surface area (Å²) >= 11 is 6.02. The molecule has 0 aliphatic rings. The minimum Gasteiger partial charge on any atom is -0.357 e. The Hall–Kier alpha value is -1.28. The van der Waals surface area contributed by atoms with Crippen LogP contribution in [0, 0.1) is 6.92 Å². The van der Waals surface area contributed by atoms with E-state index < -0.39 is 0 Å². The highest BCUT2D eigenvalue weighted by atomic mass is 35.5. The van der Waals surface area contributed by atoms with E-state index in [1.165, 1.54) is 0 Å². The molecule has 1 N–H and O–H groups in total. The first-order valence-electron chi connectivity index (χ1n) is 4.43. The number of rotatable bonds is 2. The predicted octanol–water partition coefficient (Wildman–Crippen LogP) is 2.87. The monoisotopic (exact) mass is 207 g/mol. The zero-order valence-corrected chi connectivity index (χ0v) is 8.56. The molecule has 0 saturated heterocycles. The van der Waals surface area contributed by atoms with Gasteiger partial charge in [0, 0.05) is 17.5 Å². The third-order valence-corrected chi connectivity index (χ3v) is 2.75. The van der Waals surface area contributed by atoms with Gasteiger partial charge < -0.3 is 9.78 Å². The first-order valence-corrected chi connectivity index (χ1v) is 4.81. The van der Waals surface area contributed by atoms with Crippen molar-refractivity contribution < 1.29 is 4.79 Å². The molecule has 72 valence electrons. The van der Waals surface area contributed by atoms with Crippen molar-refractivity contribution >= 4 is 28.8 Å². The largest absolute Gasteiger partial charge is 0.357 e. The Kier molecular flexibility index (Phi) is 2.30. The summed E-state index contributed by atoms with van der Waals surface area (Å²) in [6.45, 7) is 1.99. The molecule has 0 bridgehead atoms. The van der Waals surface area contributed by atoms with Crippen LogP contribution in [0.25, 0.3) is 10.9 Å². The van der Waals surface area contributed by atoms with Crippen LogP contribution in [0.3, 0.4) is 0 Å². The number of benzene rings is 1.